The molecule has 1 saturated heterocycles. The van der Waals surface area contributed by atoms with Gasteiger partial charge in [-0.1, -0.05) is 12.1 Å². The van der Waals surface area contributed by atoms with E-state index in [2.05, 4.69) is 4.98 Å². The molecule has 1 N–H and O–H groups in total. The molecule has 3 rings (SSSR count). The van der Waals surface area contributed by atoms with Crippen LogP contribution in [0.25, 0.3) is 0 Å². The molecule has 7 heteroatoms. The van der Waals surface area contributed by atoms with Gasteiger partial charge in [0.2, 0.25) is 11.5 Å². The Balaban J connectivity index is 1.67. The molecule has 1 aliphatic rings. The van der Waals surface area contributed by atoms with Crippen LogP contribution in [-0.4, -0.2) is 45.6 Å². The molecule has 136 valence electrons. The fourth-order valence-corrected chi connectivity index (χ4v) is 3.00. The molecule has 1 aliphatic heterocycles. The van der Waals surface area contributed by atoms with Crippen molar-refractivity contribution in [2.75, 3.05) is 13.1 Å². The van der Waals surface area contributed by atoms with Gasteiger partial charge < -0.3 is 14.7 Å². The minimum absolute atomic E-state index is 0.0823. The summed E-state index contributed by atoms with van der Waals surface area (Å²) >= 11 is 0. The van der Waals surface area contributed by atoms with E-state index < -0.39 is 17.4 Å². The first-order chi connectivity index (χ1) is 12.5. The topological polar surface area (TPSA) is 79.7 Å². The summed E-state index contributed by atoms with van der Waals surface area (Å²) in [5.41, 5.74) is -0.682. The number of rotatable bonds is 5. The van der Waals surface area contributed by atoms with Gasteiger partial charge in [-0.15, -0.1) is 0 Å². The van der Waals surface area contributed by atoms with Gasteiger partial charge in [0.25, 0.3) is 0 Å². The Kier molecular flexibility index (Phi) is 5.16. The lowest BCUT2D eigenvalue weighted by Gasteiger charge is -2.39. The third-order valence-electron chi connectivity index (χ3n) is 4.56. The molecule has 0 saturated carbocycles. The number of benzene rings is 1. The highest BCUT2D eigenvalue weighted by Gasteiger charge is 2.45. The van der Waals surface area contributed by atoms with Crippen molar-refractivity contribution in [2.24, 2.45) is 0 Å². The number of hydrogen-bond acceptors (Lipinski definition) is 4. The fourth-order valence-electron chi connectivity index (χ4n) is 3.00. The molecule has 1 amide bonds. The molecule has 2 aromatic rings. The zero-order chi connectivity index (χ0) is 18.6. The molecule has 0 atom stereocenters. The number of carboxylic acids is 1. The van der Waals surface area contributed by atoms with Crippen LogP contribution < -0.4 is 4.74 Å². The summed E-state index contributed by atoms with van der Waals surface area (Å²) in [5, 5.41) is 9.64. The summed E-state index contributed by atoms with van der Waals surface area (Å²) in [6.07, 6.45) is 3.67. The summed E-state index contributed by atoms with van der Waals surface area (Å²) in [4.78, 5) is 29.8. The first kappa shape index (κ1) is 17.8. The number of carbonyl (C=O) groups excluding carboxylic acids is 1. The van der Waals surface area contributed by atoms with Gasteiger partial charge in [-0.2, -0.15) is 0 Å². The average molecular weight is 358 g/mol. The summed E-state index contributed by atoms with van der Waals surface area (Å²) in [6.45, 7) is 0.481. The Morgan fingerprint density at radius 3 is 2.42 bits per heavy atom. The lowest BCUT2D eigenvalue weighted by molar-refractivity contribution is -0.162. The Bertz CT molecular complexity index is 789. The zero-order valence-electron chi connectivity index (χ0n) is 14.1. The highest BCUT2D eigenvalue weighted by Crippen LogP contribution is 2.31. The van der Waals surface area contributed by atoms with Crippen LogP contribution in [0.1, 0.15) is 18.4 Å². The number of likely N-dealkylation sites (tertiary alicyclic amines) is 1. The van der Waals surface area contributed by atoms with Crippen LogP contribution in [0.2, 0.25) is 0 Å². The van der Waals surface area contributed by atoms with E-state index in [1.54, 1.807) is 35.5 Å². The molecule has 2 heterocycles. The minimum atomic E-state index is -1.53. The molecular weight excluding hydrogens is 339 g/mol. The number of hydrogen-bond donors (Lipinski definition) is 1. The van der Waals surface area contributed by atoms with Crippen LogP contribution in [0.15, 0.2) is 48.8 Å². The van der Waals surface area contributed by atoms with Gasteiger partial charge in [0.1, 0.15) is 0 Å². The van der Waals surface area contributed by atoms with Gasteiger partial charge in [0, 0.05) is 38.3 Å². The number of halogens is 1. The summed E-state index contributed by atoms with van der Waals surface area (Å²) in [6, 6.07) is 9.26. The Morgan fingerprint density at radius 2 is 1.81 bits per heavy atom. The molecular formula is C19H19FN2O4. The number of para-hydroxylation sites is 1. The maximum Gasteiger partial charge on any atom is 0.348 e. The monoisotopic (exact) mass is 358 g/mol. The SMILES string of the molecule is O=C(Cc1ccncc1)N1CCC(Oc2ccccc2F)(C(=O)O)CC1. The number of nitrogens with zero attached hydrogens (tertiary/aromatic N) is 2. The van der Waals surface area contributed by atoms with E-state index >= 15 is 0 Å². The second-order valence-corrected chi connectivity index (χ2v) is 6.24. The van der Waals surface area contributed by atoms with Gasteiger partial charge in [0.15, 0.2) is 11.6 Å². The quantitative estimate of drug-likeness (QED) is 0.887. The van der Waals surface area contributed by atoms with Crippen molar-refractivity contribution in [1.29, 1.82) is 0 Å². The fraction of sp³-hybridized carbons (Fsp3) is 0.316. The zero-order valence-corrected chi connectivity index (χ0v) is 14.1. The molecule has 0 bridgehead atoms. The molecule has 6 nitrogen and oxygen atoms in total. The number of amides is 1. The van der Waals surface area contributed by atoms with Crippen LogP contribution >= 0.6 is 0 Å². The highest BCUT2D eigenvalue weighted by atomic mass is 19.1. The maximum atomic E-state index is 13.8. The first-order valence-electron chi connectivity index (χ1n) is 8.34. The Morgan fingerprint density at radius 1 is 1.15 bits per heavy atom. The smallest absolute Gasteiger partial charge is 0.348 e. The van der Waals surface area contributed by atoms with Crippen LogP contribution in [-0.2, 0) is 16.0 Å². The van der Waals surface area contributed by atoms with E-state index in [-0.39, 0.29) is 44.0 Å². The first-order valence-corrected chi connectivity index (χ1v) is 8.34. The molecule has 1 aromatic carbocycles. The van der Waals surface area contributed by atoms with E-state index in [1.165, 1.54) is 18.2 Å². The summed E-state index contributed by atoms with van der Waals surface area (Å²) < 4.78 is 19.4. The summed E-state index contributed by atoms with van der Waals surface area (Å²) in [7, 11) is 0. The van der Waals surface area contributed by atoms with E-state index in [1.807, 2.05) is 0 Å². The van der Waals surface area contributed by atoms with Crippen molar-refractivity contribution >= 4 is 11.9 Å². The Labute approximate surface area is 150 Å². The van der Waals surface area contributed by atoms with Gasteiger partial charge in [-0.3, -0.25) is 9.78 Å². The van der Waals surface area contributed by atoms with Crippen LogP contribution in [0.4, 0.5) is 4.39 Å². The van der Waals surface area contributed by atoms with E-state index in [0.29, 0.717) is 0 Å². The van der Waals surface area contributed by atoms with Crippen molar-refractivity contribution in [3.8, 4) is 5.75 Å². The van der Waals surface area contributed by atoms with Crippen LogP contribution in [0.5, 0.6) is 5.75 Å². The summed E-state index contributed by atoms with van der Waals surface area (Å²) in [5.74, 6) is -1.93. The minimum Gasteiger partial charge on any atom is -0.478 e. The predicted molar refractivity (Wildman–Crippen MR) is 91.1 cm³/mol. The largest absolute Gasteiger partial charge is 0.478 e. The molecule has 1 fully saturated rings. The van der Waals surface area contributed by atoms with Gasteiger partial charge in [-0.05, 0) is 29.8 Å². The molecule has 0 spiro atoms. The third kappa shape index (κ3) is 3.82. The average Bonchev–Trinajstić information content (AvgIpc) is 2.65. The number of piperidine rings is 1. The van der Waals surface area contributed by atoms with E-state index in [4.69, 9.17) is 4.74 Å². The lowest BCUT2D eigenvalue weighted by atomic mass is 9.90. The van der Waals surface area contributed by atoms with Crippen molar-refractivity contribution in [1.82, 2.24) is 9.88 Å². The predicted octanol–water partition coefficient (Wildman–Crippen LogP) is 2.29. The molecule has 0 unspecified atom stereocenters. The van der Waals surface area contributed by atoms with E-state index in [0.717, 1.165) is 5.56 Å². The third-order valence-corrected chi connectivity index (χ3v) is 4.56. The van der Waals surface area contributed by atoms with Crippen molar-refractivity contribution in [2.45, 2.75) is 24.9 Å². The lowest BCUT2D eigenvalue weighted by Crippen LogP contribution is -2.54. The molecule has 1 aromatic heterocycles. The highest BCUT2D eigenvalue weighted by molar-refractivity contribution is 5.81. The van der Waals surface area contributed by atoms with Gasteiger partial charge >= 0.3 is 5.97 Å². The standard InChI is InChI=1S/C19H19FN2O4/c20-15-3-1-2-4-16(15)26-19(18(24)25)7-11-22(12-8-19)17(23)13-14-5-9-21-10-6-14/h1-6,9-10H,7-8,11-13H2,(H,24,25). The maximum absolute atomic E-state index is 13.8. The van der Waals surface area contributed by atoms with Crippen molar-refractivity contribution in [3.05, 3.63) is 60.2 Å². The second kappa shape index (κ2) is 7.51. The normalized spacial score (nSPS) is 16.1. The van der Waals surface area contributed by atoms with E-state index in [9.17, 15) is 19.1 Å². The number of carboxylic acid groups (broad SMARTS) is 1. The van der Waals surface area contributed by atoms with Crippen LogP contribution in [0, 0.1) is 5.82 Å². The van der Waals surface area contributed by atoms with Crippen LogP contribution in [0.3, 0.4) is 0 Å². The number of ether oxygens (including phenoxy) is 1. The van der Waals surface area contributed by atoms with Gasteiger partial charge in [0.05, 0.1) is 6.42 Å². The number of aromatic nitrogens is 1. The van der Waals surface area contributed by atoms with Crippen molar-refractivity contribution < 1.29 is 23.8 Å². The Hall–Kier alpha value is -2.96. The number of pyridine rings is 1. The van der Waals surface area contributed by atoms with Crippen molar-refractivity contribution in [3.63, 3.8) is 0 Å². The molecule has 26 heavy (non-hydrogen) atoms. The number of carbonyl (C=O) groups is 2. The second-order valence-electron chi connectivity index (χ2n) is 6.24. The number of aliphatic carboxylic acids is 1. The van der Waals surface area contributed by atoms with Gasteiger partial charge in [-0.25, -0.2) is 9.18 Å². The molecule has 0 radical (unpaired) electrons. The molecule has 0 aliphatic carbocycles.